The minimum atomic E-state index is -1.16. The molecule has 14 heteroatoms. The number of aryl methyl sites for hydroxylation is 1. The number of hydrogen-bond acceptors (Lipinski definition) is 9. The molecule has 2 aromatic heterocycles. The third kappa shape index (κ3) is 6.59. The van der Waals surface area contributed by atoms with Crippen LogP contribution in [0.3, 0.4) is 0 Å². The maximum Gasteiger partial charge on any atom is 0.350 e. The van der Waals surface area contributed by atoms with Crippen LogP contribution in [0.4, 0.5) is 11.4 Å². The van der Waals surface area contributed by atoms with Gasteiger partial charge in [0.1, 0.15) is 44.0 Å². The second kappa shape index (κ2) is 13.4. The summed E-state index contributed by atoms with van der Waals surface area (Å²) in [5.74, 6) is -0.409. The van der Waals surface area contributed by atoms with Gasteiger partial charge in [0, 0.05) is 54.7 Å². The van der Waals surface area contributed by atoms with Crippen LogP contribution in [-0.4, -0.2) is 74.6 Å². The van der Waals surface area contributed by atoms with Gasteiger partial charge in [-0.05, 0) is 67.6 Å². The molecular weight excluding hydrogens is 643 g/mol. The van der Waals surface area contributed by atoms with Gasteiger partial charge in [0.05, 0.1) is 17.3 Å². The number of piperazine rings is 1. The zero-order valence-electron chi connectivity index (χ0n) is 25.8. The zero-order valence-corrected chi connectivity index (χ0v) is 27.3. The minimum absolute atomic E-state index is 0.132. The van der Waals surface area contributed by atoms with Crippen molar-refractivity contribution in [2.45, 2.75) is 31.9 Å². The standard InChI is InChI=1S/C33H34Cl2N8O4/c1-2-43-32(44)42(23-38-43)27-6-4-25(5-7-27)39-13-15-40(16-14-39)26-8-10-28(11-9-26)45-18-29-19-46-33(47-29,20-41-22-36-21-37-41)30-12-3-24(34)17-31(30)35/h3-12,17,21-23,29H,2,13-16,18-20H2,1H3/t29-,33-/m1/s1. The van der Waals surface area contributed by atoms with E-state index in [0.29, 0.717) is 35.4 Å². The zero-order chi connectivity index (χ0) is 32.4. The number of ether oxygens (including phenoxy) is 3. The average molecular weight is 678 g/mol. The molecule has 3 aromatic carbocycles. The highest BCUT2D eigenvalue weighted by molar-refractivity contribution is 6.35. The number of hydrogen-bond donors (Lipinski definition) is 0. The van der Waals surface area contributed by atoms with E-state index in [4.69, 9.17) is 37.4 Å². The molecule has 0 spiro atoms. The summed E-state index contributed by atoms with van der Waals surface area (Å²) >= 11 is 12.7. The Morgan fingerprint density at radius 2 is 1.57 bits per heavy atom. The van der Waals surface area contributed by atoms with Crippen LogP contribution in [0.5, 0.6) is 5.75 Å². The number of nitrogens with zero attached hydrogens (tertiary/aromatic N) is 8. The normalized spacial score (nSPS) is 19.8. The predicted octanol–water partition coefficient (Wildman–Crippen LogP) is 4.63. The van der Waals surface area contributed by atoms with E-state index in [0.717, 1.165) is 49.0 Å². The van der Waals surface area contributed by atoms with Gasteiger partial charge in [-0.25, -0.2) is 23.7 Å². The fraction of sp³-hybridized carbons (Fsp3) is 0.333. The molecule has 0 radical (unpaired) electrons. The summed E-state index contributed by atoms with van der Waals surface area (Å²) in [6.07, 6.45) is 4.31. The fourth-order valence-electron chi connectivity index (χ4n) is 6.00. The van der Waals surface area contributed by atoms with Crippen molar-refractivity contribution in [3.63, 3.8) is 0 Å². The Balaban J connectivity index is 0.931. The van der Waals surface area contributed by atoms with Crippen molar-refractivity contribution in [3.05, 3.63) is 112 Å². The quantitative estimate of drug-likeness (QED) is 0.209. The number of halogens is 2. The van der Waals surface area contributed by atoms with E-state index in [1.165, 1.54) is 11.0 Å². The van der Waals surface area contributed by atoms with E-state index in [2.05, 4.69) is 49.2 Å². The molecule has 0 bridgehead atoms. The van der Waals surface area contributed by atoms with Crippen LogP contribution in [-0.2, 0) is 28.4 Å². The number of aromatic nitrogens is 6. The highest BCUT2D eigenvalue weighted by Gasteiger charge is 2.45. The molecule has 2 aliphatic heterocycles. The third-order valence-electron chi connectivity index (χ3n) is 8.48. The maximum atomic E-state index is 12.4. The Labute approximate surface area is 281 Å². The monoisotopic (exact) mass is 676 g/mol. The van der Waals surface area contributed by atoms with Gasteiger partial charge in [-0.15, -0.1) is 0 Å². The van der Waals surface area contributed by atoms with Gasteiger partial charge in [0.15, 0.2) is 0 Å². The van der Waals surface area contributed by atoms with Crippen molar-refractivity contribution in [1.29, 1.82) is 0 Å². The van der Waals surface area contributed by atoms with E-state index in [1.807, 2.05) is 37.3 Å². The Kier molecular flexibility index (Phi) is 8.91. The molecule has 12 nitrogen and oxygen atoms in total. The van der Waals surface area contributed by atoms with Crippen molar-refractivity contribution in [2.24, 2.45) is 0 Å². The molecule has 0 aliphatic carbocycles. The van der Waals surface area contributed by atoms with Gasteiger partial charge >= 0.3 is 5.69 Å². The summed E-state index contributed by atoms with van der Waals surface area (Å²) in [4.78, 5) is 21.2. The molecule has 4 heterocycles. The number of anilines is 2. The van der Waals surface area contributed by atoms with Crippen LogP contribution < -0.4 is 20.2 Å². The first-order valence-electron chi connectivity index (χ1n) is 15.5. The van der Waals surface area contributed by atoms with E-state index < -0.39 is 5.79 Å². The molecule has 2 atom stereocenters. The molecule has 0 amide bonds. The molecule has 0 N–H and O–H groups in total. The Morgan fingerprint density at radius 3 is 2.19 bits per heavy atom. The molecule has 47 heavy (non-hydrogen) atoms. The SMILES string of the molecule is CCn1ncn(-c2ccc(N3CCN(c4ccc(OC[C@@H]5CO[C@@](Cn6cncn6)(c6ccc(Cl)cc6Cl)O5)cc4)CC3)cc2)c1=O. The van der Waals surface area contributed by atoms with E-state index >= 15 is 0 Å². The molecule has 244 valence electrons. The van der Waals surface area contributed by atoms with Crippen molar-refractivity contribution >= 4 is 34.6 Å². The van der Waals surface area contributed by atoms with Crippen LogP contribution in [0.1, 0.15) is 12.5 Å². The minimum Gasteiger partial charge on any atom is -0.491 e. The summed E-state index contributed by atoms with van der Waals surface area (Å²) < 4.78 is 23.5. The Bertz CT molecular complexity index is 1860. The molecule has 0 saturated carbocycles. The molecule has 2 saturated heterocycles. The number of benzene rings is 3. The van der Waals surface area contributed by atoms with Gasteiger partial charge in [0.2, 0.25) is 5.79 Å². The van der Waals surface area contributed by atoms with Gasteiger partial charge in [-0.3, -0.25) is 0 Å². The molecular formula is C33H34Cl2N8O4. The summed E-state index contributed by atoms with van der Waals surface area (Å²) in [6, 6.07) is 21.4. The summed E-state index contributed by atoms with van der Waals surface area (Å²) in [5.41, 5.74) is 3.62. The van der Waals surface area contributed by atoms with E-state index in [-0.39, 0.29) is 18.3 Å². The average Bonchev–Trinajstić information content (AvgIpc) is 3.85. The lowest BCUT2D eigenvalue weighted by Crippen LogP contribution is -2.46. The van der Waals surface area contributed by atoms with E-state index in [9.17, 15) is 4.79 Å². The Hall–Kier alpha value is -4.36. The van der Waals surface area contributed by atoms with Crippen LogP contribution in [0.25, 0.3) is 5.69 Å². The van der Waals surface area contributed by atoms with Crippen molar-refractivity contribution in [2.75, 3.05) is 49.2 Å². The smallest absolute Gasteiger partial charge is 0.350 e. The van der Waals surface area contributed by atoms with Crippen molar-refractivity contribution in [1.82, 2.24) is 29.1 Å². The lowest BCUT2D eigenvalue weighted by Gasteiger charge is -2.37. The molecule has 2 fully saturated rings. The molecule has 7 rings (SSSR count). The molecule has 0 unspecified atom stereocenters. The third-order valence-corrected chi connectivity index (χ3v) is 9.03. The lowest BCUT2D eigenvalue weighted by atomic mass is 10.1. The highest BCUT2D eigenvalue weighted by Crippen LogP contribution is 2.40. The van der Waals surface area contributed by atoms with Gasteiger partial charge in [-0.2, -0.15) is 10.2 Å². The van der Waals surface area contributed by atoms with Gasteiger partial charge in [-0.1, -0.05) is 29.3 Å². The second-order valence-corrected chi connectivity index (χ2v) is 12.3. The van der Waals surface area contributed by atoms with Crippen LogP contribution >= 0.6 is 23.2 Å². The van der Waals surface area contributed by atoms with Crippen molar-refractivity contribution < 1.29 is 14.2 Å². The Morgan fingerprint density at radius 1 is 0.894 bits per heavy atom. The van der Waals surface area contributed by atoms with Crippen LogP contribution in [0.2, 0.25) is 10.0 Å². The number of rotatable bonds is 10. The van der Waals surface area contributed by atoms with Gasteiger partial charge in [0.25, 0.3) is 0 Å². The highest BCUT2D eigenvalue weighted by atomic mass is 35.5. The summed E-state index contributed by atoms with van der Waals surface area (Å²) in [5, 5.41) is 9.35. The van der Waals surface area contributed by atoms with E-state index in [1.54, 1.807) is 34.0 Å². The molecule has 5 aromatic rings. The van der Waals surface area contributed by atoms with Crippen LogP contribution in [0, 0.1) is 0 Å². The summed E-state index contributed by atoms with van der Waals surface area (Å²) in [6.45, 7) is 6.89. The topological polar surface area (TPSA) is 105 Å². The summed E-state index contributed by atoms with van der Waals surface area (Å²) in [7, 11) is 0. The largest absolute Gasteiger partial charge is 0.491 e. The first kappa shape index (κ1) is 31.3. The molecule has 2 aliphatic rings. The second-order valence-electron chi connectivity index (χ2n) is 11.4. The van der Waals surface area contributed by atoms with Crippen molar-refractivity contribution in [3.8, 4) is 11.4 Å². The first-order valence-corrected chi connectivity index (χ1v) is 16.2. The van der Waals surface area contributed by atoms with Gasteiger partial charge < -0.3 is 24.0 Å². The first-order chi connectivity index (χ1) is 22.9. The lowest BCUT2D eigenvalue weighted by molar-refractivity contribution is -0.190. The maximum absolute atomic E-state index is 12.4. The van der Waals surface area contributed by atoms with Crippen LogP contribution in [0.15, 0.2) is 90.5 Å². The predicted molar refractivity (Wildman–Crippen MR) is 179 cm³/mol. The fourth-order valence-corrected chi connectivity index (χ4v) is 6.56.